The average molecular weight is 260 g/mol. The van der Waals surface area contributed by atoms with Crippen molar-refractivity contribution in [3.8, 4) is 0 Å². The van der Waals surface area contributed by atoms with Crippen LogP contribution in [0, 0.1) is 0 Å². The molecule has 4 nitrogen and oxygen atoms in total. The highest BCUT2D eigenvalue weighted by atomic mass is 16.2. The Balaban J connectivity index is 2.11. The number of nitrogens with two attached hydrogens (primary N) is 1. The molecule has 1 aliphatic carbocycles. The number of nitrogens with one attached hydrogen (secondary N) is 1. The zero-order chi connectivity index (χ0) is 14.0. The Hall–Kier alpha value is -1.84. The fraction of sp³-hybridized carbons (Fsp3) is 0.467. The molecule has 2 rings (SSSR count). The molecule has 0 saturated heterocycles. The number of primary amides is 1. The van der Waals surface area contributed by atoms with E-state index in [1.165, 1.54) is 23.1 Å². The molecule has 1 aromatic carbocycles. The van der Waals surface area contributed by atoms with Crippen LogP contribution in [0.3, 0.4) is 0 Å². The molecule has 4 heteroatoms. The van der Waals surface area contributed by atoms with E-state index < -0.39 is 11.8 Å². The molecular formula is C15H20N2O2. The second kappa shape index (κ2) is 5.03. The molecule has 19 heavy (non-hydrogen) atoms. The Morgan fingerprint density at radius 1 is 1.26 bits per heavy atom. The summed E-state index contributed by atoms with van der Waals surface area (Å²) in [4.78, 5) is 21.9. The van der Waals surface area contributed by atoms with E-state index in [0.717, 1.165) is 12.8 Å². The predicted molar refractivity (Wildman–Crippen MR) is 73.7 cm³/mol. The van der Waals surface area contributed by atoms with Gasteiger partial charge in [0.15, 0.2) is 0 Å². The Morgan fingerprint density at radius 3 is 2.63 bits per heavy atom. The third kappa shape index (κ3) is 2.95. The number of rotatable bonds is 3. The van der Waals surface area contributed by atoms with E-state index in [1.807, 2.05) is 13.8 Å². The lowest BCUT2D eigenvalue weighted by atomic mass is 9.83. The van der Waals surface area contributed by atoms with Crippen LogP contribution >= 0.6 is 0 Å². The lowest BCUT2D eigenvalue weighted by Crippen LogP contribution is -2.42. The van der Waals surface area contributed by atoms with Gasteiger partial charge < -0.3 is 11.1 Å². The minimum atomic E-state index is -0.940. The third-order valence-electron chi connectivity index (χ3n) is 3.79. The van der Waals surface area contributed by atoms with Gasteiger partial charge in [0, 0.05) is 12.0 Å². The van der Waals surface area contributed by atoms with Gasteiger partial charge in [0.05, 0.1) is 0 Å². The highest BCUT2D eigenvalue weighted by Gasteiger charge is 2.24. The summed E-state index contributed by atoms with van der Waals surface area (Å²) in [5, 5.41) is 2.58. The largest absolute Gasteiger partial charge is 0.361 e. The van der Waals surface area contributed by atoms with Crippen LogP contribution < -0.4 is 11.1 Å². The lowest BCUT2D eigenvalue weighted by Gasteiger charge is -2.26. The SMILES string of the molecule is CC(C)(CNC(=O)C(N)=O)c1ccc2c(c1)CCC2. The Morgan fingerprint density at radius 2 is 1.95 bits per heavy atom. The van der Waals surface area contributed by atoms with E-state index in [2.05, 4.69) is 23.5 Å². The van der Waals surface area contributed by atoms with Crippen molar-refractivity contribution in [2.24, 2.45) is 5.73 Å². The molecule has 0 spiro atoms. The molecule has 0 unspecified atom stereocenters. The van der Waals surface area contributed by atoms with E-state index in [1.54, 1.807) is 0 Å². The molecule has 0 bridgehead atoms. The Labute approximate surface area is 113 Å². The molecule has 0 saturated carbocycles. The highest BCUT2D eigenvalue weighted by Crippen LogP contribution is 2.29. The second-order valence-electron chi connectivity index (χ2n) is 5.77. The van der Waals surface area contributed by atoms with Crippen molar-refractivity contribution >= 4 is 11.8 Å². The first kappa shape index (κ1) is 13.6. The zero-order valence-corrected chi connectivity index (χ0v) is 11.5. The summed E-state index contributed by atoms with van der Waals surface area (Å²) >= 11 is 0. The van der Waals surface area contributed by atoms with Crippen molar-refractivity contribution < 1.29 is 9.59 Å². The van der Waals surface area contributed by atoms with Gasteiger partial charge >= 0.3 is 11.8 Å². The molecule has 0 atom stereocenters. The molecule has 3 N–H and O–H groups in total. The fourth-order valence-electron chi connectivity index (χ4n) is 2.48. The summed E-state index contributed by atoms with van der Waals surface area (Å²) in [6.45, 7) is 4.49. The van der Waals surface area contributed by atoms with Gasteiger partial charge in [0.25, 0.3) is 0 Å². The summed E-state index contributed by atoms with van der Waals surface area (Å²) in [5.41, 5.74) is 8.73. The van der Waals surface area contributed by atoms with Crippen LogP contribution in [0.15, 0.2) is 18.2 Å². The number of carbonyl (C=O) groups is 2. The van der Waals surface area contributed by atoms with Gasteiger partial charge in [0.2, 0.25) is 0 Å². The molecule has 2 amide bonds. The Bertz CT molecular complexity index is 521. The summed E-state index contributed by atoms with van der Waals surface area (Å²) in [6.07, 6.45) is 3.51. The first-order valence-electron chi connectivity index (χ1n) is 6.60. The van der Waals surface area contributed by atoms with Crippen LogP contribution in [0.2, 0.25) is 0 Å². The quantitative estimate of drug-likeness (QED) is 0.797. The summed E-state index contributed by atoms with van der Waals surface area (Å²) < 4.78 is 0. The van der Waals surface area contributed by atoms with Gasteiger partial charge in [-0.05, 0) is 36.0 Å². The van der Waals surface area contributed by atoms with Crippen LogP contribution in [0.1, 0.15) is 37.0 Å². The maximum Gasteiger partial charge on any atom is 0.309 e. The monoisotopic (exact) mass is 260 g/mol. The number of amides is 2. The Kier molecular flexibility index (Phi) is 3.60. The first-order chi connectivity index (χ1) is 8.90. The standard InChI is InChI=1S/C15H20N2O2/c1-15(2,9-17-14(19)13(16)18)12-7-6-10-4-3-5-11(10)8-12/h6-8H,3-5,9H2,1-2H3,(H2,16,18)(H,17,19). The number of benzene rings is 1. The molecule has 0 fully saturated rings. The van der Waals surface area contributed by atoms with Gasteiger partial charge in [-0.15, -0.1) is 0 Å². The summed E-state index contributed by atoms with van der Waals surface area (Å²) in [6, 6.07) is 6.51. The van der Waals surface area contributed by atoms with Gasteiger partial charge in [-0.2, -0.15) is 0 Å². The summed E-state index contributed by atoms with van der Waals surface area (Å²) in [5.74, 6) is -1.67. The topological polar surface area (TPSA) is 72.2 Å². The predicted octanol–water partition coefficient (Wildman–Crippen LogP) is 1.05. The number of hydrogen-bond acceptors (Lipinski definition) is 2. The fourth-order valence-corrected chi connectivity index (χ4v) is 2.48. The van der Waals surface area contributed by atoms with E-state index in [4.69, 9.17) is 5.73 Å². The highest BCUT2D eigenvalue weighted by molar-refractivity contribution is 6.34. The van der Waals surface area contributed by atoms with E-state index in [9.17, 15) is 9.59 Å². The number of carbonyl (C=O) groups excluding carboxylic acids is 2. The molecule has 102 valence electrons. The maximum atomic E-state index is 11.2. The smallest absolute Gasteiger partial charge is 0.309 e. The summed E-state index contributed by atoms with van der Waals surface area (Å²) in [7, 11) is 0. The van der Waals surface area contributed by atoms with E-state index >= 15 is 0 Å². The van der Waals surface area contributed by atoms with E-state index in [-0.39, 0.29) is 5.41 Å². The lowest BCUT2D eigenvalue weighted by molar-refractivity contribution is -0.137. The molecule has 0 radical (unpaired) electrons. The van der Waals surface area contributed by atoms with Crippen LogP contribution in [0.4, 0.5) is 0 Å². The van der Waals surface area contributed by atoms with Crippen molar-refractivity contribution in [2.75, 3.05) is 6.54 Å². The minimum Gasteiger partial charge on any atom is -0.361 e. The number of hydrogen-bond donors (Lipinski definition) is 2. The number of aryl methyl sites for hydroxylation is 2. The molecular weight excluding hydrogens is 240 g/mol. The first-order valence-corrected chi connectivity index (χ1v) is 6.60. The molecule has 0 aliphatic heterocycles. The van der Waals surface area contributed by atoms with Gasteiger partial charge in [-0.3, -0.25) is 9.59 Å². The average Bonchev–Trinajstić information content (AvgIpc) is 2.82. The van der Waals surface area contributed by atoms with Crippen molar-refractivity contribution in [1.82, 2.24) is 5.32 Å². The third-order valence-corrected chi connectivity index (χ3v) is 3.79. The number of fused-ring (bicyclic) bond motifs is 1. The molecule has 1 aliphatic rings. The van der Waals surface area contributed by atoms with Crippen LogP contribution in [0.25, 0.3) is 0 Å². The second-order valence-corrected chi connectivity index (χ2v) is 5.77. The van der Waals surface area contributed by atoms with Gasteiger partial charge in [-0.1, -0.05) is 32.0 Å². The minimum absolute atomic E-state index is 0.220. The normalized spacial score (nSPS) is 14.0. The van der Waals surface area contributed by atoms with Crippen molar-refractivity contribution in [2.45, 2.75) is 38.5 Å². The van der Waals surface area contributed by atoms with Gasteiger partial charge in [-0.25, -0.2) is 0 Å². The van der Waals surface area contributed by atoms with Crippen molar-refractivity contribution in [1.29, 1.82) is 0 Å². The van der Waals surface area contributed by atoms with Crippen molar-refractivity contribution in [3.63, 3.8) is 0 Å². The van der Waals surface area contributed by atoms with E-state index in [0.29, 0.717) is 6.54 Å². The van der Waals surface area contributed by atoms with Crippen LogP contribution in [-0.4, -0.2) is 18.4 Å². The van der Waals surface area contributed by atoms with Gasteiger partial charge in [0.1, 0.15) is 0 Å². The van der Waals surface area contributed by atoms with Crippen LogP contribution in [0.5, 0.6) is 0 Å². The molecule has 0 heterocycles. The van der Waals surface area contributed by atoms with Crippen molar-refractivity contribution in [3.05, 3.63) is 34.9 Å². The van der Waals surface area contributed by atoms with Crippen LogP contribution in [-0.2, 0) is 27.8 Å². The zero-order valence-electron chi connectivity index (χ0n) is 11.5. The maximum absolute atomic E-state index is 11.2. The molecule has 1 aromatic rings. The molecule has 0 aromatic heterocycles.